The summed E-state index contributed by atoms with van der Waals surface area (Å²) < 4.78 is 0. The third-order valence-corrected chi connectivity index (χ3v) is 5.30. The molecule has 0 aromatic carbocycles. The Hall–Kier alpha value is -0.0300. The van der Waals surface area contributed by atoms with E-state index in [0.717, 1.165) is 44.7 Å². The molecule has 4 nitrogen and oxygen atoms in total. The molecule has 6 heteroatoms. The Morgan fingerprint density at radius 3 is 2.48 bits per heavy atom. The summed E-state index contributed by atoms with van der Waals surface area (Å²) in [6.45, 7) is 5.53. The second-order valence-electron chi connectivity index (χ2n) is 7.06. The van der Waals surface area contributed by atoms with Crippen LogP contribution in [0.3, 0.4) is 0 Å². The van der Waals surface area contributed by atoms with Crippen molar-refractivity contribution in [1.82, 2.24) is 10.2 Å². The van der Waals surface area contributed by atoms with Crippen LogP contribution in [0.2, 0.25) is 0 Å². The summed E-state index contributed by atoms with van der Waals surface area (Å²) in [5.74, 6) is 0.0774. The molecular weight excluding hydrogens is 333 g/mol. The molecule has 1 aliphatic heterocycles. The Kier molecular flexibility index (Phi) is 11.5. The molecule has 2 aliphatic rings. The lowest BCUT2D eigenvalue weighted by atomic mass is 9.82. The van der Waals surface area contributed by atoms with E-state index in [1.807, 2.05) is 0 Å². The molecule has 0 aromatic rings. The standard InChI is InChI=1S/C17H33N3O.2ClH/c1-15-9-3-7-13-20(15)14-8-6-12-19-16(21)17(18)10-4-2-5-11-17;;/h15H,2-14,18H2,1H3,(H,19,21);2*1H. The van der Waals surface area contributed by atoms with Crippen LogP contribution in [0.25, 0.3) is 0 Å². The molecule has 0 bridgehead atoms. The number of amides is 1. The number of nitrogens with zero attached hydrogens (tertiary/aromatic N) is 1. The average molecular weight is 368 g/mol. The fraction of sp³-hybridized carbons (Fsp3) is 0.941. The molecule has 1 atom stereocenters. The number of likely N-dealkylation sites (tertiary alicyclic amines) is 1. The third-order valence-electron chi connectivity index (χ3n) is 5.30. The highest BCUT2D eigenvalue weighted by Gasteiger charge is 2.34. The Labute approximate surface area is 154 Å². The van der Waals surface area contributed by atoms with E-state index in [2.05, 4.69) is 17.1 Å². The van der Waals surface area contributed by atoms with Gasteiger partial charge in [0.15, 0.2) is 0 Å². The highest BCUT2D eigenvalue weighted by atomic mass is 35.5. The lowest BCUT2D eigenvalue weighted by molar-refractivity contribution is -0.127. The molecule has 23 heavy (non-hydrogen) atoms. The van der Waals surface area contributed by atoms with E-state index in [1.54, 1.807) is 0 Å². The highest BCUT2D eigenvalue weighted by Crippen LogP contribution is 2.25. The number of nitrogens with one attached hydrogen (secondary N) is 1. The molecule has 3 N–H and O–H groups in total. The van der Waals surface area contributed by atoms with Crippen molar-refractivity contribution in [3.63, 3.8) is 0 Å². The van der Waals surface area contributed by atoms with E-state index < -0.39 is 5.54 Å². The summed E-state index contributed by atoms with van der Waals surface area (Å²) >= 11 is 0. The normalized spacial score (nSPS) is 24.2. The molecular formula is C17H35Cl2N3O. The summed E-state index contributed by atoms with van der Waals surface area (Å²) in [6.07, 6.45) is 11.4. The number of halogens is 2. The Morgan fingerprint density at radius 2 is 1.83 bits per heavy atom. The van der Waals surface area contributed by atoms with Gasteiger partial charge in [-0.15, -0.1) is 24.8 Å². The first-order chi connectivity index (χ1) is 10.1. The number of nitrogens with two attached hydrogens (primary N) is 1. The van der Waals surface area contributed by atoms with E-state index >= 15 is 0 Å². The van der Waals surface area contributed by atoms with Crippen molar-refractivity contribution in [2.45, 2.75) is 82.7 Å². The van der Waals surface area contributed by atoms with Gasteiger partial charge in [0.1, 0.15) is 0 Å². The van der Waals surface area contributed by atoms with Gasteiger partial charge in [0.25, 0.3) is 0 Å². The molecule has 1 saturated heterocycles. The van der Waals surface area contributed by atoms with Gasteiger partial charge in [-0.3, -0.25) is 4.79 Å². The quantitative estimate of drug-likeness (QED) is 0.708. The molecule has 1 heterocycles. The van der Waals surface area contributed by atoms with Crippen molar-refractivity contribution in [1.29, 1.82) is 0 Å². The van der Waals surface area contributed by atoms with Crippen LogP contribution in [0.4, 0.5) is 0 Å². The molecule has 1 saturated carbocycles. The molecule has 0 spiro atoms. The van der Waals surface area contributed by atoms with Gasteiger partial charge in [0.05, 0.1) is 5.54 Å². The second kappa shape index (κ2) is 11.5. The maximum absolute atomic E-state index is 12.2. The van der Waals surface area contributed by atoms with Crippen LogP contribution < -0.4 is 11.1 Å². The topological polar surface area (TPSA) is 58.4 Å². The Morgan fingerprint density at radius 1 is 1.13 bits per heavy atom. The summed E-state index contributed by atoms with van der Waals surface area (Å²) in [4.78, 5) is 14.8. The van der Waals surface area contributed by atoms with Gasteiger partial charge in [-0.05, 0) is 58.5 Å². The molecule has 1 aliphatic carbocycles. The largest absolute Gasteiger partial charge is 0.355 e. The SMILES string of the molecule is CC1CCCCN1CCCCNC(=O)C1(N)CCCCC1.Cl.Cl. The molecule has 1 unspecified atom stereocenters. The fourth-order valence-electron chi connectivity index (χ4n) is 3.72. The first kappa shape index (κ1) is 23.0. The van der Waals surface area contributed by atoms with Gasteiger partial charge < -0.3 is 16.0 Å². The maximum atomic E-state index is 12.2. The van der Waals surface area contributed by atoms with Crippen molar-refractivity contribution >= 4 is 30.7 Å². The van der Waals surface area contributed by atoms with Crippen molar-refractivity contribution in [2.24, 2.45) is 5.73 Å². The zero-order chi connectivity index (χ0) is 15.1. The number of unbranched alkanes of at least 4 members (excludes halogenated alkanes) is 1. The predicted molar refractivity (Wildman–Crippen MR) is 102 cm³/mol. The minimum absolute atomic E-state index is 0. The summed E-state index contributed by atoms with van der Waals surface area (Å²) in [5, 5.41) is 3.06. The monoisotopic (exact) mass is 367 g/mol. The van der Waals surface area contributed by atoms with Crippen molar-refractivity contribution in [3.8, 4) is 0 Å². The van der Waals surface area contributed by atoms with E-state index in [9.17, 15) is 4.79 Å². The molecule has 2 fully saturated rings. The molecule has 2 rings (SSSR count). The predicted octanol–water partition coefficient (Wildman–Crippen LogP) is 3.26. The van der Waals surface area contributed by atoms with Crippen LogP contribution in [0.15, 0.2) is 0 Å². The third kappa shape index (κ3) is 7.16. The smallest absolute Gasteiger partial charge is 0.240 e. The van der Waals surface area contributed by atoms with E-state index in [4.69, 9.17) is 5.73 Å². The van der Waals surface area contributed by atoms with Gasteiger partial charge in [-0.25, -0.2) is 0 Å². The van der Waals surface area contributed by atoms with Gasteiger partial charge in [0.2, 0.25) is 5.91 Å². The lowest BCUT2D eigenvalue weighted by Crippen LogP contribution is -2.55. The maximum Gasteiger partial charge on any atom is 0.240 e. The van der Waals surface area contributed by atoms with Crippen LogP contribution in [-0.2, 0) is 4.79 Å². The number of hydrogen-bond acceptors (Lipinski definition) is 3. The van der Waals surface area contributed by atoms with Crippen molar-refractivity contribution in [2.75, 3.05) is 19.6 Å². The average Bonchev–Trinajstić information content (AvgIpc) is 2.49. The molecule has 0 aromatic heterocycles. The Balaban J connectivity index is 0.00000242. The van der Waals surface area contributed by atoms with Crippen LogP contribution in [-0.4, -0.2) is 42.0 Å². The highest BCUT2D eigenvalue weighted by molar-refractivity contribution is 5.86. The Bertz CT molecular complexity index is 336. The fourth-order valence-corrected chi connectivity index (χ4v) is 3.72. The minimum Gasteiger partial charge on any atom is -0.355 e. The first-order valence-corrected chi connectivity index (χ1v) is 8.93. The van der Waals surface area contributed by atoms with E-state index in [1.165, 1.54) is 45.2 Å². The first-order valence-electron chi connectivity index (χ1n) is 8.93. The summed E-state index contributed by atoms with van der Waals surface area (Å²) in [6, 6.07) is 0.739. The number of piperidine rings is 1. The molecule has 1 amide bonds. The molecule has 0 radical (unpaired) electrons. The van der Waals surface area contributed by atoms with Crippen LogP contribution in [0.1, 0.15) is 71.1 Å². The minimum atomic E-state index is -0.584. The van der Waals surface area contributed by atoms with Crippen LogP contribution in [0, 0.1) is 0 Å². The van der Waals surface area contributed by atoms with Gasteiger partial charge >= 0.3 is 0 Å². The summed E-state index contributed by atoms with van der Waals surface area (Å²) in [5.41, 5.74) is 5.65. The van der Waals surface area contributed by atoms with Crippen molar-refractivity contribution in [3.05, 3.63) is 0 Å². The lowest BCUT2D eigenvalue weighted by Gasteiger charge is -2.33. The zero-order valence-corrected chi connectivity index (χ0v) is 16.2. The van der Waals surface area contributed by atoms with Gasteiger partial charge in [-0.2, -0.15) is 0 Å². The zero-order valence-electron chi connectivity index (χ0n) is 14.5. The second-order valence-corrected chi connectivity index (χ2v) is 7.06. The number of hydrogen-bond donors (Lipinski definition) is 2. The number of carbonyl (C=O) groups excluding carboxylic acids is 1. The van der Waals surface area contributed by atoms with Crippen LogP contribution in [0.5, 0.6) is 0 Å². The number of carbonyl (C=O) groups is 1. The van der Waals surface area contributed by atoms with E-state index in [-0.39, 0.29) is 30.7 Å². The summed E-state index contributed by atoms with van der Waals surface area (Å²) in [7, 11) is 0. The van der Waals surface area contributed by atoms with Crippen LogP contribution >= 0.6 is 24.8 Å². The van der Waals surface area contributed by atoms with E-state index in [0.29, 0.717) is 0 Å². The van der Waals surface area contributed by atoms with Gasteiger partial charge in [-0.1, -0.05) is 25.7 Å². The van der Waals surface area contributed by atoms with Crippen molar-refractivity contribution < 1.29 is 4.79 Å². The van der Waals surface area contributed by atoms with Gasteiger partial charge in [0, 0.05) is 12.6 Å². The molecule has 138 valence electrons. The number of rotatable bonds is 6.